The Morgan fingerprint density at radius 1 is 1.12 bits per heavy atom. The summed E-state index contributed by atoms with van der Waals surface area (Å²) >= 11 is 0. The summed E-state index contributed by atoms with van der Waals surface area (Å²) in [5.41, 5.74) is 1.96. The number of aliphatic hydroxyl groups is 3. The first-order valence-electron chi connectivity index (χ1n) is 8.89. The van der Waals surface area contributed by atoms with Crippen molar-refractivity contribution in [2.24, 2.45) is 0 Å². The molecule has 26 heavy (non-hydrogen) atoms. The fraction of sp³-hybridized carbons (Fsp3) is 0.706. The number of rotatable bonds is 6. The standard InChI is InChI=1S/C17H27N5O4/c1-9(2)21(10(3)4)5-11-13-16(19-7-18-11)22(8-20-13)17-15(25)14(24)12(6-23)26-17/h7-10,12,14-15,17,23-25H,5-6H2,1-4H3/t12-,14-,15-,17-/m1/s1. The number of fused-ring (bicyclic) bond motifs is 1. The monoisotopic (exact) mass is 365 g/mol. The second-order valence-corrected chi connectivity index (χ2v) is 7.23. The predicted molar refractivity (Wildman–Crippen MR) is 94.1 cm³/mol. The smallest absolute Gasteiger partial charge is 0.165 e. The van der Waals surface area contributed by atoms with Crippen LogP contribution in [0.25, 0.3) is 11.2 Å². The molecule has 1 aliphatic rings. The highest BCUT2D eigenvalue weighted by Crippen LogP contribution is 2.31. The van der Waals surface area contributed by atoms with Crippen LogP contribution in [0.1, 0.15) is 39.6 Å². The number of ether oxygens (including phenoxy) is 1. The molecule has 0 radical (unpaired) electrons. The zero-order chi connectivity index (χ0) is 19.0. The molecule has 0 spiro atoms. The van der Waals surface area contributed by atoms with Crippen molar-refractivity contribution in [1.29, 1.82) is 0 Å². The lowest BCUT2D eigenvalue weighted by molar-refractivity contribution is -0.0511. The molecule has 3 heterocycles. The minimum absolute atomic E-state index is 0.350. The van der Waals surface area contributed by atoms with Crippen molar-refractivity contribution in [3.05, 3.63) is 18.3 Å². The Kier molecular flexibility index (Phi) is 5.54. The lowest BCUT2D eigenvalue weighted by atomic mass is 10.1. The van der Waals surface area contributed by atoms with Gasteiger partial charge in [-0.3, -0.25) is 9.47 Å². The summed E-state index contributed by atoms with van der Waals surface area (Å²) in [5.74, 6) is 0. The number of aromatic nitrogens is 4. The highest BCUT2D eigenvalue weighted by atomic mass is 16.6. The highest BCUT2D eigenvalue weighted by molar-refractivity contribution is 5.73. The number of imidazole rings is 1. The molecule has 4 atom stereocenters. The van der Waals surface area contributed by atoms with E-state index in [2.05, 4.69) is 47.5 Å². The summed E-state index contributed by atoms with van der Waals surface area (Å²) in [7, 11) is 0. The molecular weight excluding hydrogens is 338 g/mol. The first-order chi connectivity index (χ1) is 12.3. The van der Waals surface area contributed by atoms with Gasteiger partial charge in [-0.1, -0.05) is 0 Å². The number of nitrogens with zero attached hydrogens (tertiary/aromatic N) is 5. The van der Waals surface area contributed by atoms with E-state index in [4.69, 9.17) is 4.74 Å². The van der Waals surface area contributed by atoms with E-state index in [0.717, 1.165) is 5.69 Å². The first-order valence-corrected chi connectivity index (χ1v) is 8.89. The Labute approximate surface area is 152 Å². The number of hydrogen-bond acceptors (Lipinski definition) is 8. The Bertz CT molecular complexity index is 742. The molecule has 1 fully saturated rings. The molecule has 144 valence electrons. The van der Waals surface area contributed by atoms with Crippen LogP contribution in [0.15, 0.2) is 12.7 Å². The van der Waals surface area contributed by atoms with E-state index in [1.54, 1.807) is 4.57 Å². The molecule has 9 nitrogen and oxygen atoms in total. The zero-order valence-electron chi connectivity index (χ0n) is 15.5. The normalized spacial score (nSPS) is 26.7. The first kappa shape index (κ1) is 19.1. The molecule has 3 rings (SSSR count). The molecule has 0 unspecified atom stereocenters. The minimum atomic E-state index is -1.18. The van der Waals surface area contributed by atoms with E-state index in [1.165, 1.54) is 12.7 Å². The summed E-state index contributed by atoms with van der Waals surface area (Å²) < 4.78 is 7.17. The average Bonchev–Trinajstić information content (AvgIpc) is 3.14. The van der Waals surface area contributed by atoms with Gasteiger partial charge in [-0.15, -0.1) is 0 Å². The molecule has 0 aliphatic carbocycles. The maximum atomic E-state index is 10.3. The molecule has 2 aromatic rings. The quantitative estimate of drug-likeness (QED) is 0.658. The van der Waals surface area contributed by atoms with Gasteiger partial charge in [0.1, 0.15) is 30.2 Å². The highest BCUT2D eigenvalue weighted by Gasteiger charge is 2.44. The van der Waals surface area contributed by atoms with Crippen LogP contribution in [-0.2, 0) is 11.3 Å². The largest absolute Gasteiger partial charge is 0.394 e. The third kappa shape index (κ3) is 3.33. The maximum absolute atomic E-state index is 10.3. The van der Waals surface area contributed by atoms with E-state index in [9.17, 15) is 15.3 Å². The number of hydrogen-bond donors (Lipinski definition) is 3. The van der Waals surface area contributed by atoms with Crippen molar-refractivity contribution < 1.29 is 20.1 Å². The van der Waals surface area contributed by atoms with Gasteiger partial charge in [0.25, 0.3) is 0 Å². The van der Waals surface area contributed by atoms with Gasteiger partial charge in [-0.25, -0.2) is 15.0 Å². The summed E-state index contributed by atoms with van der Waals surface area (Å²) in [6.45, 7) is 8.79. The van der Waals surface area contributed by atoms with Crippen molar-refractivity contribution in [3.63, 3.8) is 0 Å². The van der Waals surface area contributed by atoms with Crippen LogP contribution >= 0.6 is 0 Å². The van der Waals surface area contributed by atoms with Crippen molar-refractivity contribution in [2.75, 3.05) is 6.61 Å². The van der Waals surface area contributed by atoms with Gasteiger partial charge in [0.05, 0.1) is 18.6 Å². The summed E-state index contributed by atoms with van der Waals surface area (Å²) in [6.07, 6.45) is -1.05. The van der Waals surface area contributed by atoms with Gasteiger partial charge >= 0.3 is 0 Å². The van der Waals surface area contributed by atoms with Crippen molar-refractivity contribution in [2.45, 2.75) is 70.9 Å². The van der Waals surface area contributed by atoms with Crippen LogP contribution < -0.4 is 0 Å². The van der Waals surface area contributed by atoms with E-state index in [0.29, 0.717) is 29.8 Å². The molecule has 0 bridgehead atoms. The molecule has 1 saturated heterocycles. The van der Waals surface area contributed by atoms with E-state index < -0.39 is 24.5 Å². The van der Waals surface area contributed by atoms with Crippen LogP contribution in [0.3, 0.4) is 0 Å². The topological polar surface area (TPSA) is 117 Å². The molecule has 1 aliphatic heterocycles. The van der Waals surface area contributed by atoms with E-state index in [-0.39, 0.29) is 6.61 Å². The molecule has 0 saturated carbocycles. The summed E-state index contributed by atoms with van der Waals surface area (Å²) in [6, 6.07) is 0.699. The average molecular weight is 365 g/mol. The summed E-state index contributed by atoms with van der Waals surface area (Å²) in [5, 5.41) is 29.5. The molecule has 2 aromatic heterocycles. The van der Waals surface area contributed by atoms with Crippen LogP contribution in [0.5, 0.6) is 0 Å². The van der Waals surface area contributed by atoms with Gasteiger partial charge < -0.3 is 20.1 Å². The molecule has 0 aromatic carbocycles. The Morgan fingerprint density at radius 2 is 1.81 bits per heavy atom. The van der Waals surface area contributed by atoms with E-state index >= 15 is 0 Å². The SMILES string of the molecule is CC(C)N(Cc1ncnc2c1ncn2[C@@H]1O[C@H](CO)[C@@H](O)[C@H]1O)C(C)C. The zero-order valence-corrected chi connectivity index (χ0v) is 15.5. The lowest BCUT2D eigenvalue weighted by Gasteiger charge is -2.30. The van der Waals surface area contributed by atoms with Crippen LogP contribution in [0, 0.1) is 0 Å². The second-order valence-electron chi connectivity index (χ2n) is 7.23. The lowest BCUT2D eigenvalue weighted by Crippen LogP contribution is -2.36. The third-order valence-electron chi connectivity index (χ3n) is 4.88. The van der Waals surface area contributed by atoms with Crippen LogP contribution in [0.4, 0.5) is 0 Å². The van der Waals surface area contributed by atoms with Crippen molar-refractivity contribution in [3.8, 4) is 0 Å². The van der Waals surface area contributed by atoms with Gasteiger partial charge in [0, 0.05) is 18.6 Å². The Morgan fingerprint density at radius 3 is 2.38 bits per heavy atom. The maximum Gasteiger partial charge on any atom is 0.165 e. The molecular formula is C17H27N5O4. The Balaban J connectivity index is 1.94. The summed E-state index contributed by atoms with van der Waals surface area (Å²) in [4.78, 5) is 15.4. The fourth-order valence-corrected chi connectivity index (χ4v) is 3.45. The van der Waals surface area contributed by atoms with Crippen LogP contribution in [-0.4, -0.2) is 76.7 Å². The molecule has 0 amide bonds. The fourth-order valence-electron chi connectivity index (χ4n) is 3.45. The third-order valence-corrected chi connectivity index (χ3v) is 4.88. The van der Waals surface area contributed by atoms with Crippen LogP contribution in [0.2, 0.25) is 0 Å². The van der Waals surface area contributed by atoms with Crippen molar-refractivity contribution >= 4 is 11.2 Å². The van der Waals surface area contributed by atoms with Gasteiger partial charge in [-0.2, -0.15) is 0 Å². The Hall–Kier alpha value is -1.65. The van der Waals surface area contributed by atoms with Crippen molar-refractivity contribution in [1.82, 2.24) is 24.4 Å². The molecule has 9 heteroatoms. The predicted octanol–water partition coefficient (Wildman–Crippen LogP) is 0.0566. The van der Waals surface area contributed by atoms with Gasteiger partial charge in [0.2, 0.25) is 0 Å². The number of aliphatic hydroxyl groups excluding tert-OH is 3. The minimum Gasteiger partial charge on any atom is -0.394 e. The molecule has 3 N–H and O–H groups in total. The van der Waals surface area contributed by atoms with Gasteiger partial charge in [0.15, 0.2) is 11.9 Å². The van der Waals surface area contributed by atoms with Gasteiger partial charge in [-0.05, 0) is 27.7 Å². The van der Waals surface area contributed by atoms with E-state index in [1.807, 2.05) is 0 Å². The second kappa shape index (κ2) is 7.53.